The zero-order chi connectivity index (χ0) is 9.97. The van der Waals surface area contributed by atoms with Gasteiger partial charge in [0.1, 0.15) is 0 Å². The number of hydrogen-bond acceptors (Lipinski definition) is 1. The zero-order valence-electron chi connectivity index (χ0n) is 8.77. The van der Waals surface area contributed by atoms with E-state index in [0.29, 0.717) is 6.04 Å². The number of para-hydroxylation sites is 1. The Labute approximate surface area is 85.3 Å². The molecule has 0 radical (unpaired) electrons. The topological polar surface area (TPSA) is 15.6 Å². The molecule has 0 fully saturated rings. The summed E-state index contributed by atoms with van der Waals surface area (Å²) in [4.78, 5) is 6.64. The maximum atomic E-state index is 4.41. The monoisotopic (exact) mass is 188 g/mol. The summed E-state index contributed by atoms with van der Waals surface area (Å²) in [6.45, 7) is 5.26. The minimum absolute atomic E-state index is 0.378. The number of benzene rings is 1. The van der Waals surface area contributed by atoms with Crippen LogP contribution < -0.4 is 4.90 Å². The van der Waals surface area contributed by atoms with E-state index in [1.807, 2.05) is 6.34 Å². The largest absolute Gasteiger partial charge is 0.332 e. The second kappa shape index (κ2) is 3.82. The van der Waals surface area contributed by atoms with E-state index in [9.17, 15) is 0 Å². The summed E-state index contributed by atoms with van der Waals surface area (Å²) >= 11 is 0. The standard InChI is InChI=1S/C12H16N2/c1-10(2)13-9-14-8-7-11-5-3-4-6-12(11)14/h3-6,9-10H,7-8H2,1-2H3. The van der Waals surface area contributed by atoms with Crippen molar-refractivity contribution in [3.05, 3.63) is 29.8 Å². The van der Waals surface area contributed by atoms with Gasteiger partial charge < -0.3 is 4.90 Å². The molecule has 1 heterocycles. The van der Waals surface area contributed by atoms with Gasteiger partial charge in [-0.1, -0.05) is 18.2 Å². The maximum absolute atomic E-state index is 4.41. The highest BCUT2D eigenvalue weighted by molar-refractivity contribution is 5.82. The van der Waals surface area contributed by atoms with E-state index < -0.39 is 0 Å². The summed E-state index contributed by atoms with van der Waals surface area (Å²) in [5.74, 6) is 0. The molecule has 2 nitrogen and oxygen atoms in total. The van der Waals surface area contributed by atoms with Gasteiger partial charge in [0.25, 0.3) is 0 Å². The Morgan fingerprint density at radius 2 is 2.14 bits per heavy atom. The van der Waals surface area contributed by atoms with E-state index in [2.05, 4.69) is 48.0 Å². The van der Waals surface area contributed by atoms with Gasteiger partial charge in [0, 0.05) is 18.3 Å². The van der Waals surface area contributed by atoms with Crippen molar-refractivity contribution < 1.29 is 0 Å². The molecule has 0 aromatic heterocycles. The van der Waals surface area contributed by atoms with Crippen LogP contribution >= 0.6 is 0 Å². The van der Waals surface area contributed by atoms with Crippen molar-refractivity contribution in [1.29, 1.82) is 0 Å². The number of hydrogen-bond donors (Lipinski definition) is 0. The summed E-state index contributed by atoms with van der Waals surface area (Å²) in [7, 11) is 0. The normalized spacial score (nSPS) is 15.5. The Bertz CT molecular complexity index is 342. The minimum atomic E-state index is 0.378. The van der Waals surface area contributed by atoms with Crippen molar-refractivity contribution in [3.8, 4) is 0 Å². The predicted octanol–water partition coefficient (Wildman–Crippen LogP) is 2.49. The molecule has 0 unspecified atom stereocenters. The average molecular weight is 188 g/mol. The van der Waals surface area contributed by atoms with E-state index in [0.717, 1.165) is 13.0 Å². The zero-order valence-corrected chi connectivity index (χ0v) is 8.77. The molecule has 0 spiro atoms. The van der Waals surface area contributed by atoms with Gasteiger partial charge in [-0.3, -0.25) is 4.99 Å². The first kappa shape index (κ1) is 9.25. The van der Waals surface area contributed by atoms with Gasteiger partial charge in [-0.2, -0.15) is 0 Å². The lowest BCUT2D eigenvalue weighted by molar-refractivity contribution is 0.834. The molecule has 2 rings (SSSR count). The molecule has 0 atom stereocenters. The van der Waals surface area contributed by atoms with Crippen molar-refractivity contribution in [2.24, 2.45) is 4.99 Å². The summed E-state index contributed by atoms with van der Waals surface area (Å²) in [5.41, 5.74) is 2.75. The van der Waals surface area contributed by atoms with Crippen LogP contribution in [0.3, 0.4) is 0 Å². The molecule has 14 heavy (non-hydrogen) atoms. The van der Waals surface area contributed by atoms with Crippen LogP contribution in [0.25, 0.3) is 0 Å². The lowest BCUT2D eigenvalue weighted by Crippen LogP contribution is -2.18. The molecule has 0 amide bonds. The van der Waals surface area contributed by atoms with Crippen molar-refractivity contribution in [2.45, 2.75) is 26.3 Å². The number of fused-ring (bicyclic) bond motifs is 1. The summed E-state index contributed by atoms with van der Waals surface area (Å²) in [5, 5.41) is 0. The van der Waals surface area contributed by atoms with Crippen LogP contribution in [0.5, 0.6) is 0 Å². The van der Waals surface area contributed by atoms with E-state index in [4.69, 9.17) is 0 Å². The van der Waals surface area contributed by atoms with Crippen molar-refractivity contribution in [3.63, 3.8) is 0 Å². The molecule has 1 aliphatic heterocycles. The molecule has 0 N–H and O–H groups in total. The van der Waals surface area contributed by atoms with Crippen LogP contribution in [0.2, 0.25) is 0 Å². The number of anilines is 1. The third-order valence-electron chi connectivity index (χ3n) is 2.43. The van der Waals surface area contributed by atoms with Gasteiger partial charge in [-0.25, -0.2) is 0 Å². The van der Waals surface area contributed by atoms with Crippen molar-refractivity contribution >= 4 is 12.0 Å². The van der Waals surface area contributed by atoms with Crippen LogP contribution in [0.15, 0.2) is 29.3 Å². The summed E-state index contributed by atoms with van der Waals surface area (Å²) in [6.07, 6.45) is 3.11. The molecular formula is C12H16N2. The molecule has 74 valence electrons. The quantitative estimate of drug-likeness (QED) is 0.514. The molecule has 1 aromatic carbocycles. The first-order valence-corrected chi connectivity index (χ1v) is 5.15. The Kier molecular flexibility index (Phi) is 2.53. The van der Waals surface area contributed by atoms with Gasteiger partial charge in [-0.05, 0) is 31.9 Å². The molecule has 0 saturated carbocycles. The second-order valence-electron chi connectivity index (χ2n) is 3.93. The van der Waals surface area contributed by atoms with Gasteiger partial charge in [0.15, 0.2) is 0 Å². The lowest BCUT2D eigenvalue weighted by Gasteiger charge is -2.12. The van der Waals surface area contributed by atoms with Gasteiger partial charge in [0.05, 0.1) is 6.34 Å². The third-order valence-corrected chi connectivity index (χ3v) is 2.43. The van der Waals surface area contributed by atoms with E-state index in [-0.39, 0.29) is 0 Å². The Hall–Kier alpha value is -1.31. The average Bonchev–Trinajstić information content (AvgIpc) is 2.58. The molecule has 2 heteroatoms. The Balaban J connectivity index is 2.18. The van der Waals surface area contributed by atoms with Gasteiger partial charge in [-0.15, -0.1) is 0 Å². The first-order valence-electron chi connectivity index (χ1n) is 5.15. The van der Waals surface area contributed by atoms with E-state index in [1.54, 1.807) is 0 Å². The highest BCUT2D eigenvalue weighted by Gasteiger charge is 2.15. The van der Waals surface area contributed by atoms with E-state index >= 15 is 0 Å². The highest BCUT2D eigenvalue weighted by atomic mass is 15.2. The minimum Gasteiger partial charge on any atom is -0.332 e. The summed E-state index contributed by atoms with van der Waals surface area (Å²) < 4.78 is 0. The van der Waals surface area contributed by atoms with Crippen LogP contribution in [-0.2, 0) is 6.42 Å². The maximum Gasteiger partial charge on any atom is 0.0897 e. The molecule has 1 aliphatic rings. The third kappa shape index (κ3) is 1.79. The fourth-order valence-corrected chi connectivity index (χ4v) is 1.70. The van der Waals surface area contributed by atoms with Crippen molar-refractivity contribution in [2.75, 3.05) is 11.4 Å². The smallest absolute Gasteiger partial charge is 0.0897 e. The Morgan fingerprint density at radius 1 is 1.36 bits per heavy atom. The Morgan fingerprint density at radius 3 is 2.93 bits per heavy atom. The van der Waals surface area contributed by atoms with E-state index in [1.165, 1.54) is 11.3 Å². The predicted molar refractivity (Wildman–Crippen MR) is 61.1 cm³/mol. The fourth-order valence-electron chi connectivity index (χ4n) is 1.70. The number of nitrogens with zero attached hydrogens (tertiary/aromatic N) is 2. The fraction of sp³-hybridized carbons (Fsp3) is 0.417. The summed E-state index contributed by atoms with van der Waals surface area (Å²) in [6, 6.07) is 8.91. The van der Waals surface area contributed by atoms with Crippen LogP contribution in [0.4, 0.5) is 5.69 Å². The molecular weight excluding hydrogens is 172 g/mol. The number of aliphatic imine (C=N–C) groups is 1. The first-order chi connectivity index (χ1) is 6.77. The van der Waals surface area contributed by atoms with Crippen molar-refractivity contribution in [1.82, 2.24) is 0 Å². The molecule has 0 aliphatic carbocycles. The molecule has 0 bridgehead atoms. The van der Waals surface area contributed by atoms with Gasteiger partial charge in [0.2, 0.25) is 0 Å². The molecule has 1 aromatic rings. The van der Waals surface area contributed by atoms with Gasteiger partial charge >= 0.3 is 0 Å². The van der Waals surface area contributed by atoms with Crippen LogP contribution in [-0.4, -0.2) is 18.9 Å². The molecule has 0 saturated heterocycles. The van der Waals surface area contributed by atoms with Crippen LogP contribution in [0, 0.1) is 0 Å². The second-order valence-corrected chi connectivity index (χ2v) is 3.93. The number of rotatable bonds is 2. The highest BCUT2D eigenvalue weighted by Crippen LogP contribution is 2.25. The van der Waals surface area contributed by atoms with Crippen LogP contribution in [0.1, 0.15) is 19.4 Å². The SMILES string of the molecule is CC(C)N=CN1CCc2ccccc21. The lowest BCUT2D eigenvalue weighted by atomic mass is 10.2.